The number of aromatic amines is 1. The molecule has 1 N–H and O–H groups in total. The molecule has 0 amide bonds. The highest BCUT2D eigenvalue weighted by Crippen LogP contribution is 2.21. The minimum absolute atomic E-state index is 0.230. The average Bonchev–Trinajstić information content (AvgIpc) is 3.06. The van der Waals surface area contributed by atoms with Gasteiger partial charge in [-0.1, -0.05) is 0 Å². The van der Waals surface area contributed by atoms with Gasteiger partial charge in [0.2, 0.25) is 5.78 Å². The lowest BCUT2D eigenvalue weighted by Crippen LogP contribution is -2.25. The largest absolute Gasteiger partial charge is 0.462 e. The number of H-pyrrole nitrogens is 1. The number of ether oxygens (including phenoxy) is 2. The molecule has 0 aliphatic rings. The maximum Gasteiger partial charge on any atom is 0.342 e. The van der Waals surface area contributed by atoms with Crippen molar-refractivity contribution in [3.63, 3.8) is 0 Å². The lowest BCUT2D eigenvalue weighted by atomic mass is 10.1. The quantitative estimate of drug-likeness (QED) is 0.625. The van der Waals surface area contributed by atoms with Crippen molar-refractivity contribution in [1.82, 2.24) is 14.8 Å². The molecule has 2 aromatic heterocycles. The number of nitrogens with one attached hydrogen (secondary N) is 1. The van der Waals surface area contributed by atoms with E-state index >= 15 is 0 Å². The lowest BCUT2D eigenvalue weighted by Gasteiger charge is -2.12. The van der Waals surface area contributed by atoms with Crippen molar-refractivity contribution in [3.8, 4) is 0 Å². The molecule has 8 heteroatoms. The molecule has 0 fully saturated rings. The number of carbonyl (C=O) groups excluding carboxylic acids is 3. The van der Waals surface area contributed by atoms with Crippen LogP contribution in [-0.2, 0) is 16.5 Å². The first-order valence-electron chi connectivity index (χ1n) is 8.29. The second kappa shape index (κ2) is 7.55. The van der Waals surface area contributed by atoms with Crippen molar-refractivity contribution in [3.05, 3.63) is 40.0 Å². The van der Waals surface area contributed by atoms with Gasteiger partial charge in [0.05, 0.1) is 24.1 Å². The van der Waals surface area contributed by atoms with Crippen LogP contribution < -0.4 is 0 Å². The minimum atomic E-state index is -1.02. The predicted octanol–water partition coefficient (Wildman–Crippen LogP) is 2.28. The van der Waals surface area contributed by atoms with Crippen LogP contribution in [0, 0.1) is 20.8 Å². The fourth-order valence-electron chi connectivity index (χ4n) is 2.69. The third-order valence-corrected chi connectivity index (χ3v) is 4.27. The van der Waals surface area contributed by atoms with Crippen LogP contribution in [0.2, 0.25) is 0 Å². The van der Waals surface area contributed by atoms with E-state index in [1.165, 1.54) is 13.1 Å². The van der Waals surface area contributed by atoms with E-state index in [2.05, 4.69) is 10.1 Å². The Morgan fingerprint density at radius 1 is 1.23 bits per heavy atom. The number of Topliss-reactive ketones (excluding diaryl/α,β-unsaturated/α-hetero) is 1. The Morgan fingerprint density at radius 3 is 2.42 bits per heavy atom. The number of rotatable bonds is 6. The first-order chi connectivity index (χ1) is 12.2. The van der Waals surface area contributed by atoms with Gasteiger partial charge >= 0.3 is 11.9 Å². The molecule has 1 atom stereocenters. The van der Waals surface area contributed by atoms with E-state index in [0.717, 1.165) is 0 Å². The normalized spacial score (nSPS) is 11.9. The number of carbonyl (C=O) groups is 3. The third-order valence-electron chi connectivity index (χ3n) is 4.27. The Morgan fingerprint density at radius 2 is 1.88 bits per heavy atom. The summed E-state index contributed by atoms with van der Waals surface area (Å²) in [6, 6.07) is 0. The summed E-state index contributed by atoms with van der Waals surface area (Å²) in [5.41, 5.74) is 2.52. The van der Waals surface area contributed by atoms with Gasteiger partial charge in [0.1, 0.15) is 5.56 Å². The summed E-state index contributed by atoms with van der Waals surface area (Å²) < 4.78 is 11.8. The first-order valence-corrected chi connectivity index (χ1v) is 8.29. The summed E-state index contributed by atoms with van der Waals surface area (Å²) >= 11 is 0. The van der Waals surface area contributed by atoms with Gasteiger partial charge in [-0.2, -0.15) is 5.10 Å². The van der Waals surface area contributed by atoms with Crippen LogP contribution in [0.1, 0.15) is 62.0 Å². The van der Waals surface area contributed by atoms with E-state index in [-0.39, 0.29) is 12.3 Å². The molecule has 26 heavy (non-hydrogen) atoms. The summed E-state index contributed by atoms with van der Waals surface area (Å²) in [4.78, 5) is 39.9. The van der Waals surface area contributed by atoms with Crippen LogP contribution in [0.5, 0.6) is 0 Å². The Bertz CT molecular complexity index is 863. The van der Waals surface area contributed by atoms with Crippen molar-refractivity contribution in [2.45, 2.75) is 40.7 Å². The fourth-order valence-corrected chi connectivity index (χ4v) is 2.69. The second-order valence-corrected chi connectivity index (χ2v) is 6.02. The Labute approximate surface area is 151 Å². The highest BCUT2D eigenvalue weighted by Gasteiger charge is 2.28. The molecule has 8 nitrogen and oxygen atoms in total. The lowest BCUT2D eigenvalue weighted by molar-refractivity contribution is 0.0315. The second-order valence-electron chi connectivity index (χ2n) is 6.02. The maximum absolute atomic E-state index is 12.7. The molecule has 0 aliphatic carbocycles. The smallest absolute Gasteiger partial charge is 0.342 e. The van der Waals surface area contributed by atoms with Crippen molar-refractivity contribution in [1.29, 1.82) is 0 Å². The highest BCUT2D eigenvalue weighted by molar-refractivity contribution is 6.04. The van der Waals surface area contributed by atoms with Crippen LogP contribution >= 0.6 is 0 Å². The summed E-state index contributed by atoms with van der Waals surface area (Å²) in [6.07, 6.45) is 0.381. The topological polar surface area (TPSA) is 103 Å². The SMILES string of the molecule is CCOC(=O)c1c(C)[nH]c(C(=O)C(C)OC(=O)c2cnn(C)c2C)c1C. The third kappa shape index (κ3) is 3.54. The van der Waals surface area contributed by atoms with Crippen LogP contribution in [-0.4, -0.2) is 45.2 Å². The van der Waals surface area contributed by atoms with Crippen LogP contribution in [0.15, 0.2) is 6.20 Å². The summed E-state index contributed by atoms with van der Waals surface area (Å²) in [5.74, 6) is -1.53. The minimum Gasteiger partial charge on any atom is -0.462 e. The van der Waals surface area contributed by atoms with Gasteiger partial charge < -0.3 is 14.5 Å². The van der Waals surface area contributed by atoms with Crippen molar-refractivity contribution < 1.29 is 23.9 Å². The number of aryl methyl sites for hydroxylation is 2. The number of ketones is 1. The molecule has 0 aliphatic heterocycles. The highest BCUT2D eigenvalue weighted by atomic mass is 16.5. The predicted molar refractivity (Wildman–Crippen MR) is 93.4 cm³/mol. The van der Waals surface area contributed by atoms with Crippen LogP contribution in [0.4, 0.5) is 0 Å². The molecule has 2 heterocycles. The van der Waals surface area contributed by atoms with Gasteiger partial charge in [0.15, 0.2) is 6.10 Å². The molecular formula is C18H23N3O5. The van der Waals surface area contributed by atoms with E-state index < -0.39 is 23.8 Å². The van der Waals surface area contributed by atoms with Crippen molar-refractivity contribution >= 4 is 17.7 Å². The number of nitrogens with zero attached hydrogens (tertiary/aromatic N) is 2. The zero-order valence-corrected chi connectivity index (χ0v) is 15.8. The van der Waals surface area contributed by atoms with E-state index in [4.69, 9.17) is 9.47 Å². The zero-order chi connectivity index (χ0) is 19.6. The molecule has 0 aromatic carbocycles. The summed E-state index contributed by atoms with van der Waals surface area (Å²) in [6.45, 7) is 8.52. The van der Waals surface area contributed by atoms with Gasteiger partial charge in [-0.3, -0.25) is 9.48 Å². The molecule has 0 saturated carbocycles. The van der Waals surface area contributed by atoms with Crippen LogP contribution in [0.25, 0.3) is 0 Å². The van der Waals surface area contributed by atoms with E-state index in [0.29, 0.717) is 28.1 Å². The van der Waals surface area contributed by atoms with Crippen LogP contribution in [0.3, 0.4) is 0 Å². The molecule has 2 rings (SSSR count). The number of hydrogen-bond donors (Lipinski definition) is 1. The molecule has 0 saturated heterocycles. The summed E-state index contributed by atoms with van der Waals surface area (Å²) in [5, 5.41) is 3.99. The molecule has 1 unspecified atom stereocenters. The van der Waals surface area contributed by atoms with E-state index in [1.54, 1.807) is 39.4 Å². The van der Waals surface area contributed by atoms with Gasteiger partial charge in [-0.05, 0) is 40.2 Å². The fraction of sp³-hybridized carbons (Fsp3) is 0.444. The standard InChI is InChI=1S/C18H23N3O5/c1-7-25-18(24)14-9(2)15(20-10(14)3)16(22)12(5)26-17(23)13-8-19-21(6)11(13)4/h8,12,20H,7H2,1-6H3. The molecular weight excluding hydrogens is 338 g/mol. The van der Waals surface area contributed by atoms with E-state index in [9.17, 15) is 14.4 Å². The summed E-state index contributed by atoms with van der Waals surface area (Å²) in [7, 11) is 1.71. The van der Waals surface area contributed by atoms with Gasteiger partial charge in [-0.15, -0.1) is 0 Å². The van der Waals surface area contributed by atoms with Gasteiger partial charge in [0, 0.05) is 18.4 Å². The Balaban J connectivity index is 2.21. The van der Waals surface area contributed by atoms with Crippen molar-refractivity contribution in [2.24, 2.45) is 7.05 Å². The molecule has 0 spiro atoms. The molecule has 0 bridgehead atoms. The monoisotopic (exact) mass is 361 g/mol. The molecule has 0 radical (unpaired) electrons. The van der Waals surface area contributed by atoms with Crippen molar-refractivity contribution in [2.75, 3.05) is 6.61 Å². The Hall–Kier alpha value is -2.90. The molecule has 2 aromatic rings. The number of hydrogen-bond acceptors (Lipinski definition) is 6. The first kappa shape index (κ1) is 19.4. The molecule has 140 valence electrons. The average molecular weight is 361 g/mol. The zero-order valence-electron chi connectivity index (χ0n) is 15.8. The maximum atomic E-state index is 12.7. The Kier molecular flexibility index (Phi) is 5.64. The number of aromatic nitrogens is 3. The van der Waals surface area contributed by atoms with Gasteiger partial charge in [-0.25, -0.2) is 9.59 Å². The van der Waals surface area contributed by atoms with E-state index in [1.807, 2.05) is 0 Å². The van der Waals surface area contributed by atoms with Gasteiger partial charge in [0.25, 0.3) is 0 Å². The number of esters is 2.